The molecule has 0 aromatic carbocycles. The monoisotopic (exact) mass is 468 g/mol. The van der Waals surface area contributed by atoms with Crippen LogP contribution in [0, 0.1) is 0 Å². The maximum Gasteiger partial charge on any atom is 0.408 e. The van der Waals surface area contributed by atoms with Crippen LogP contribution in [0.5, 0.6) is 0 Å². The summed E-state index contributed by atoms with van der Waals surface area (Å²) in [5, 5.41) is 2.67. The number of ether oxygens (including phenoxy) is 2. The third-order valence-electron chi connectivity index (χ3n) is 6.46. The van der Waals surface area contributed by atoms with Crippen LogP contribution < -0.4 is 5.32 Å². The zero-order chi connectivity index (χ0) is 24.5. The Balaban J connectivity index is 2.34. The molecule has 1 N–H and O–H groups in total. The molecule has 32 heavy (non-hydrogen) atoms. The summed E-state index contributed by atoms with van der Waals surface area (Å²) in [6.45, 7) is 16.1. The molecule has 2 amide bonds. The van der Waals surface area contributed by atoms with Crippen molar-refractivity contribution in [2.24, 2.45) is 0 Å². The van der Waals surface area contributed by atoms with Gasteiger partial charge in [-0.3, -0.25) is 4.79 Å². The van der Waals surface area contributed by atoms with Crippen LogP contribution in [0.2, 0.25) is 18.1 Å². The first-order valence-electron chi connectivity index (χ1n) is 11.3. The van der Waals surface area contributed by atoms with Crippen molar-refractivity contribution in [3.63, 3.8) is 0 Å². The second-order valence-electron chi connectivity index (χ2n) is 11.1. The van der Waals surface area contributed by atoms with E-state index in [1.165, 1.54) is 7.11 Å². The zero-order valence-corrected chi connectivity index (χ0v) is 22.0. The number of hydrogen-bond acceptors (Lipinski definition) is 6. The summed E-state index contributed by atoms with van der Waals surface area (Å²) in [4.78, 5) is 40.2. The molecule has 2 heterocycles. The fourth-order valence-electron chi connectivity index (χ4n) is 3.83. The first-order chi connectivity index (χ1) is 14.6. The van der Waals surface area contributed by atoms with Crippen LogP contribution in [-0.4, -0.2) is 68.1 Å². The second kappa shape index (κ2) is 9.55. The Morgan fingerprint density at radius 3 is 2.22 bits per heavy atom. The van der Waals surface area contributed by atoms with Gasteiger partial charge in [0.25, 0.3) is 0 Å². The Morgan fingerprint density at radius 2 is 1.69 bits per heavy atom. The van der Waals surface area contributed by atoms with Crippen molar-refractivity contribution in [3.8, 4) is 0 Å². The van der Waals surface area contributed by atoms with Gasteiger partial charge in [-0.2, -0.15) is 0 Å². The molecule has 0 aliphatic carbocycles. The zero-order valence-electron chi connectivity index (χ0n) is 21.0. The minimum absolute atomic E-state index is 0.0105. The van der Waals surface area contributed by atoms with E-state index in [9.17, 15) is 14.4 Å². The van der Waals surface area contributed by atoms with Crippen molar-refractivity contribution >= 4 is 26.3 Å². The first-order valence-corrected chi connectivity index (χ1v) is 14.2. The standard InChI is InChI=1S/C23H40N2O6Si/c1-22(2,3)30-21(28)24-15-12-10-11-13-16-18(31-32(8,9)23(4,5)6)14-17(20(27)29-7)25(16)19(15)26/h10-11,15-18H,12-14H2,1-9H3,(H,24,28)/b11-10-/t15-,16-,17-,18+/m0/s1. The first kappa shape index (κ1) is 26.4. The van der Waals surface area contributed by atoms with Crippen LogP contribution >= 0.6 is 0 Å². The van der Waals surface area contributed by atoms with E-state index in [1.807, 2.05) is 12.2 Å². The lowest BCUT2D eigenvalue weighted by Gasteiger charge is -2.41. The third kappa shape index (κ3) is 6.13. The second-order valence-corrected chi connectivity index (χ2v) is 15.9. The summed E-state index contributed by atoms with van der Waals surface area (Å²) in [5.74, 6) is -0.785. The minimum atomic E-state index is -2.15. The number of carbonyl (C=O) groups excluding carboxylic acids is 3. The number of alkyl carbamates (subject to hydrolysis) is 1. The highest BCUT2D eigenvalue weighted by atomic mass is 28.4. The number of esters is 1. The largest absolute Gasteiger partial charge is 0.467 e. The average Bonchev–Trinajstić information content (AvgIpc) is 2.96. The maximum absolute atomic E-state index is 13.6. The summed E-state index contributed by atoms with van der Waals surface area (Å²) in [7, 11) is -0.822. The highest BCUT2D eigenvalue weighted by Crippen LogP contribution is 2.41. The van der Waals surface area contributed by atoms with Gasteiger partial charge in [-0.15, -0.1) is 0 Å². The van der Waals surface area contributed by atoms with Gasteiger partial charge < -0.3 is 24.1 Å². The minimum Gasteiger partial charge on any atom is -0.467 e. The van der Waals surface area contributed by atoms with Gasteiger partial charge in [0.05, 0.1) is 19.3 Å². The molecule has 2 rings (SSSR count). The number of nitrogens with one attached hydrogen (secondary N) is 1. The number of hydrogen-bond donors (Lipinski definition) is 1. The van der Waals surface area contributed by atoms with Crippen molar-refractivity contribution in [3.05, 3.63) is 12.2 Å². The van der Waals surface area contributed by atoms with Crippen molar-refractivity contribution in [2.45, 2.75) is 109 Å². The molecule has 1 fully saturated rings. The Bertz CT molecular complexity index is 753. The van der Waals surface area contributed by atoms with E-state index in [1.54, 1.807) is 25.7 Å². The molecule has 0 unspecified atom stereocenters. The van der Waals surface area contributed by atoms with Gasteiger partial charge >= 0.3 is 12.1 Å². The predicted octanol–water partition coefficient (Wildman–Crippen LogP) is 3.76. The molecule has 0 bridgehead atoms. The van der Waals surface area contributed by atoms with Gasteiger partial charge in [0.1, 0.15) is 17.7 Å². The lowest BCUT2D eigenvalue weighted by molar-refractivity contribution is -0.153. The van der Waals surface area contributed by atoms with Crippen molar-refractivity contribution in [2.75, 3.05) is 7.11 Å². The number of amides is 2. The van der Waals surface area contributed by atoms with Crippen LogP contribution in [0.3, 0.4) is 0 Å². The molecule has 0 aromatic rings. The average molecular weight is 469 g/mol. The number of fused-ring (bicyclic) bond motifs is 1. The number of rotatable bonds is 4. The Kier molecular flexibility index (Phi) is 7.87. The summed E-state index contributed by atoms with van der Waals surface area (Å²) >= 11 is 0. The Labute approximate surface area is 193 Å². The highest BCUT2D eigenvalue weighted by Gasteiger charge is 2.52. The molecular formula is C23H40N2O6Si. The van der Waals surface area contributed by atoms with Crippen LogP contribution in [0.4, 0.5) is 4.79 Å². The fraction of sp³-hybridized carbons (Fsp3) is 0.783. The van der Waals surface area contributed by atoms with Gasteiger partial charge in [-0.05, 0) is 51.7 Å². The summed E-state index contributed by atoms with van der Waals surface area (Å²) in [6, 6.07) is -1.88. The summed E-state index contributed by atoms with van der Waals surface area (Å²) in [6.07, 6.45) is 4.23. The third-order valence-corrected chi connectivity index (χ3v) is 11.0. The number of methoxy groups -OCH3 is 1. The van der Waals surface area contributed by atoms with Crippen LogP contribution in [0.15, 0.2) is 12.2 Å². The molecule has 0 radical (unpaired) electrons. The fourth-order valence-corrected chi connectivity index (χ4v) is 5.19. The molecule has 9 heteroatoms. The van der Waals surface area contributed by atoms with E-state index in [2.05, 4.69) is 39.2 Å². The summed E-state index contributed by atoms with van der Waals surface area (Å²) < 4.78 is 17.0. The Morgan fingerprint density at radius 1 is 1.09 bits per heavy atom. The molecule has 4 atom stereocenters. The number of carbonyl (C=O) groups is 3. The molecule has 182 valence electrons. The van der Waals surface area contributed by atoms with Crippen LogP contribution in [-0.2, 0) is 23.5 Å². The van der Waals surface area contributed by atoms with Gasteiger partial charge in [0, 0.05) is 6.42 Å². The Hall–Kier alpha value is -1.87. The number of nitrogens with zero attached hydrogens (tertiary/aromatic N) is 1. The molecule has 0 saturated carbocycles. The molecule has 2 aliphatic heterocycles. The van der Waals surface area contributed by atoms with E-state index in [0.717, 1.165) is 0 Å². The molecule has 0 spiro atoms. The van der Waals surface area contributed by atoms with Crippen LogP contribution in [0.25, 0.3) is 0 Å². The summed E-state index contributed by atoms with van der Waals surface area (Å²) in [5.41, 5.74) is -0.683. The molecule has 2 aliphatic rings. The van der Waals surface area contributed by atoms with Gasteiger partial charge in [-0.1, -0.05) is 32.9 Å². The molecular weight excluding hydrogens is 428 g/mol. The van der Waals surface area contributed by atoms with Gasteiger partial charge in [-0.25, -0.2) is 9.59 Å². The van der Waals surface area contributed by atoms with E-state index < -0.39 is 38.1 Å². The quantitative estimate of drug-likeness (QED) is 0.383. The van der Waals surface area contributed by atoms with Crippen molar-refractivity contribution in [1.29, 1.82) is 0 Å². The van der Waals surface area contributed by atoms with E-state index in [0.29, 0.717) is 19.3 Å². The molecule has 1 saturated heterocycles. The lowest BCUT2D eigenvalue weighted by atomic mass is 10.0. The molecule has 8 nitrogen and oxygen atoms in total. The van der Waals surface area contributed by atoms with Gasteiger partial charge in [0.2, 0.25) is 5.91 Å². The van der Waals surface area contributed by atoms with E-state index >= 15 is 0 Å². The smallest absolute Gasteiger partial charge is 0.408 e. The SMILES string of the molecule is COC(=O)[C@@H]1C[C@@H](O[Si](C)(C)C(C)(C)C)[C@@H]2C/C=C\C[C@H](NC(=O)OC(C)(C)C)C(=O)N12. The normalized spacial score (nSPS) is 27.8. The van der Waals surface area contributed by atoms with Gasteiger partial charge in [0.15, 0.2) is 8.32 Å². The maximum atomic E-state index is 13.6. The highest BCUT2D eigenvalue weighted by molar-refractivity contribution is 6.74. The predicted molar refractivity (Wildman–Crippen MR) is 125 cm³/mol. The molecule has 0 aromatic heterocycles. The topological polar surface area (TPSA) is 94.2 Å². The van der Waals surface area contributed by atoms with Crippen molar-refractivity contribution < 1.29 is 28.3 Å². The van der Waals surface area contributed by atoms with E-state index in [-0.39, 0.29) is 23.1 Å². The van der Waals surface area contributed by atoms with Crippen LogP contribution in [0.1, 0.15) is 60.8 Å². The van der Waals surface area contributed by atoms with Crippen molar-refractivity contribution in [1.82, 2.24) is 10.2 Å². The van der Waals surface area contributed by atoms with E-state index in [4.69, 9.17) is 13.9 Å². The lowest BCUT2D eigenvalue weighted by Crippen LogP contribution is -2.56.